The molecule has 0 aromatic heterocycles. The van der Waals surface area contributed by atoms with Gasteiger partial charge < -0.3 is 15.0 Å². The number of rotatable bonds is 3. The summed E-state index contributed by atoms with van der Waals surface area (Å²) in [6, 6.07) is 0.479. The zero-order valence-electron chi connectivity index (χ0n) is 12.6. The van der Waals surface area contributed by atoms with Crippen molar-refractivity contribution in [2.75, 3.05) is 26.7 Å². The van der Waals surface area contributed by atoms with Gasteiger partial charge in [-0.25, -0.2) is 0 Å². The topological polar surface area (TPSA) is 24.5 Å². The number of hydrogen-bond acceptors (Lipinski definition) is 3. The van der Waals surface area contributed by atoms with E-state index in [1.54, 1.807) is 0 Å². The Morgan fingerprint density at radius 1 is 1.17 bits per heavy atom. The maximum atomic E-state index is 6.46. The Morgan fingerprint density at radius 2 is 1.83 bits per heavy atom. The summed E-state index contributed by atoms with van der Waals surface area (Å²) >= 11 is 0. The van der Waals surface area contributed by atoms with Crippen LogP contribution in [0.1, 0.15) is 52.9 Å². The van der Waals surface area contributed by atoms with Crippen LogP contribution in [0.5, 0.6) is 0 Å². The zero-order chi connectivity index (χ0) is 13.2. The average Bonchev–Trinajstić information content (AvgIpc) is 2.28. The first-order valence-corrected chi connectivity index (χ1v) is 7.55. The lowest BCUT2D eigenvalue weighted by atomic mass is 9.83. The predicted molar refractivity (Wildman–Crippen MR) is 75.9 cm³/mol. The SMILES string of the molecule is CNC1CCC(C)(CN2CCCCC2)OC1(C)C. The molecule has 0 aromatic carbocycles. The van der Waals surface area contributed by atoms with Gasteiger partial charge in [-0.3, -0.25) is 0 Å². The van der Waals surface area contributed by atoms with Crippen LogP contribution in [-0.2, 0) is 4.74 Å². The molecule has 0 spiro atoms. The molecule has 2 saturated heterocycles. The Labute approximate surface area is 112 Å². The van der Waals surface area contributed by atoms with E-state index in [1.807, 2.05) is 7.05 Å². The van der Waals surface area contributed by atoms with Crippen LogP contribution in [0.4, 0.5) is 0 Å². The van der Waals surface area contributed by atoms with Crippen LogP contribution in [0.15, 0.2) is 0 Å². The predicted octanol–water partition coefficient (Wildman–Crippen LogP) is 2.41. The minimum absolute atomic E-state index is 0.0359. The number of ether oxygens (including phenoxy) is 1. The second-order valence-corrected chi connectivity index (χ2v) is 6.87. The van der Waals surface area contributed by atoms with Crippen LogP contribution in [-0.4, -0.2) is 48.8 Å². The third kappa shape index (κ3) is 3.25. The van der Waals surface area contributed by atoms with Gasteiger partial charge in [0.05, 0.1) is 11.2 Å². The molecule has 2 fully saturated rings. The molecule has 2 rings (SSSR count). The van der Waals surface area contributed by atoms with Gasteiger partial charge in [0.25, 0.3) is 0 Å². The highest BCUT2D eigenvalue weighted by Gasteiger charge is 2.43. The van der Waals surface area contributed by atoms with Crippen molar-refractivity contribution in [3.8, 4) is 0 Å². The van der Waals surface area contributed by atoms with E-state index >= 15 is 0 Å². The van der Waals surface area contributed by atoms with E-state index in [0.717, 1.165) is 6.54 Å². The maximum absolute atomic E-state index is 6.46. The lowest BCUT2D eigenvalue weighted by Crippen LogP contribution is -2.59. The second kappa shape index (κ2) is 5.48. The van der Waals surface area contributed by atoms with Crippen molar-refractivity contribution in [1.29, 1.82) is 0 Å². The Hall–Kier alpha value is -0.120. The first kappa shape index (κ1) is 14.3. The standard InChI is InChI=1S/C15H30N2O/c1-14(2)13(16-4)8-9-15(3,18-14)12-17-10-6-5-7-11-17/h13,16H,5-12H2,1-4H3. The van der Waals surface area contributed by atoms with Gasteiger partial charge in [0.2, 0.25) is 0 Å². The quantitative estimate of drug-likeness (QED) is 0.837. The molecule has 2 aliphatic heterocycles. The van der Waals surface area contributed by atoms with Gasteiger partial charge >= 0.3 is 0 Å². The van der Waals surface area contributed by atoms with Crippen LogP contribution in [0.2, 0.25) is 0 Å². The number of piperidine rings is 1. The summed E-state index contributed by atoms with van der Waals surface area (Å²) in [5.41, 5.74) is -0.0221. The minimum Gasteiger partial charge on any atom is -0.366 e. The fraction of sp³-hybridized carbons (Fsp3) is 1.00. The fourth-order valence-electron chi connectivity index (χ4n) is 3.75. The van der Waals surface area contributed by atoms with Crippen LogP contribution in [0, 0.1) is 0 Å². The average molecular weight is 254 g/mol. The summed E-state index contributed by atoms with van der Waals surface area (Å²) in [4.78, 5) is 2.60. The first-order valence-electron chi connectivity index (χ1n) is 7.55. The Bertz CT molecular complexity index is 274. The molecule has 3 nitrogen and oxygen atoms in total. The molecule has 2 heterocycles. The molecule has 2 atom stereocenters. The van der Waals surface area contributed by atoms with Crippen molar-refractivity contribution < 1.29 is 4.74 Å². The van der Waals surface area contributed by atoms with E-state index in [2.05, 4.69) is 31.0 Å². The van der Waals surface area contributed by atoms with Gasteiger partial charge in [0.15, 0.2) is 0 Å². The molecule has 0 aliphatic carbocycles. The maximum Gasteiger partial charge on any atom is 0.0789 e. The zero-order valence-corrected chi connectivity index (χ0v) is 12.6. The lowest BCUT2D eigenvalue weighted by molar-refractivity contribution is -0.186. The van der Waals surface area contributed by atoms with Crippen molar-refractivity contribution in [3.05, 3.63) is 0 Å². The van der Waals surface area contributed by atoms with Gasteiger partial charge in [-0.2, -0.15) is 0 Å². The molecule has 0 saturated carbocycles. The van der Waals surface area contributed by atoms with Crippen LogP contribution >= 0.6 is 0 Å². The van der Waals surface area contributed by atoms with Gasteiger partial charge in [-0.05, 0) is 66.6 Å². The van der Waals surface area contributed by atoms with Crippen LogP contribution < -0.4 is 5.32 Å². The molecule has 0 bridgehead atoms. The van der Waals surface area contributed by atoms with E-state index in [-0.39, 0.29) is 11.2 Å². The highest BCUT2D eigenvalue weighted by molar-refractivity contribution is 4.97. The van der Waals surface area contributed by atoms with Crippen molar-refractivity contribution in [2.24, 2.45) is 0 Å². The van der Waals surface area contributed by atoms with Crippen LogP contribution in [0.3, 0.4) is 0 Å². The van der Waals surface area contributed by atoms with Crippen LogP contribution in [0.25, 0.3) is 0 Å². The summed E-state index contributed by atoms with van der Waals surface area (Å²) < 4.78 is 6.46. The van der Waals surface area contributed by atoms with Crippen molar-refractivity contribution >= 4 is 0 Å². The molecule has 0 aromatic rings. The molecule has 3 heteroatoms. The first-order chi connectivity index (χ1) is 8.45. The number of nitrogens with one attached hydrogen (secondary N) is 1. The second-order valence-electron chi connectivity index (χ2n) is 6.87. The summed E-state index contributed by atoms with van der Waals surface area (Å²) in [6.07, 6.45) is 6.50. The van der Waals surface area contributed by atoms with E-state index in [9.17, 15) is 0 Å². The summed E-state index contributed by atoms with van der Waals surface area (Å²) in [6.45, 7) is 10.4. The number of likely N-dealkylation sites (tertiary alicyclic amines) is 1. The molecule has 0 radical (unpaired) electrons. The Balaban J connectivity index is 1.95. The molecule has 0 amide bonds. The lowest BCUT2D eigenvalue weighted by Gasteiger charge is -2.50. The molecule has 2 unspecified atom stereocenters. The highest BCUT2D eigenvalue weighted by atomic mass is 16.5. The van der Waals surface area contributed by atoms with E-state index in [4.69, 9.17) is 4.74 Å². The van der Waals surface area contributed by atoms with Gasteiger partial charge in [0.1, 0.15) is 0 Å². The molecule has 1 N–H and O–H groups in total. The van der Waals surface area contributed by atoms with E-state index in [1.165, 1.54) is 45.2 Å². The molecule has 2 aliphatic rings. The fourth-order valence-corrected chi connectivity index (χ4v) is 3.75. The van der Waals surface area contributed by atoms with E-state index < -0.39 is 0 Å². The van der Waals surface area contributed by atoms with Gasteiger partial charge in [-0.1, -0.05) is 6.42 Å². The summed E-state index contributed by atoms with van der Waals surface area (Å²) in [5, 5.41) is 3.40. The van der Waals surface area contributed by atoms with Crippen molar-refractivity contribution in [3.63, 3.8) is 0 Å². The van der Waals surface area contributed by atoms with E-state index in [0.29, 0.717) is 6.04 Å². The molecular formula is C15H30N2O. The Kier molecular flexibility index (Phi) is 4.35. The highest BCUT2D eigenvalue weighted by Crippen LogP contribution is 2.36. The summed E-state index contributed by atoms with van der Waals surface area (Å²) in [7, 11) is 2.04. The number of hydrogen-bond donors (Lipinski definition) is 1. The number of nitrogens with zero attached hydrogens (tertiary/aromatic N) is 1. The third-order valence-electron chi connectivity index (χ3n) is 4.67. The monoisotopic (exact) mass is 254 g/mol. The van der Waals surface area contributed by atoms with Crippen molar-refractivity contribution in [2.45, 2.75) is 70.1 Å². The third-order valence-corrected chi connectivity index (χ3v) is 4.67. The molecular weight excluding hydrogens is 224 g/mol. The summed E-state index contributed by atoms with van der Waals surface area (Å²) in [5.74, 6) is 0. The van der Waals surface area contributed by atoms with Gasteiger partial charge in [0, 0.05) is 12.6 Å². The minimum atomic E-state index is -0.0580. The normalized spacial score (nSPS) is 37.7. The Morgan fingerprint density at radius 3 is 2.39 bits per heavy atom. The molecule has 18 heavy (non-hydrogen) atoms. The van der Waals surface area contributed by atoms with Gasteiger partial charge in [-0.15, -0.1) is 0 Å². The van der Waals surface area contributed by atoms with Crippen molar-refractivity contribution in [1.82, 2.24) is 10.2 Å². The molecule has 106 valence electrons. The smallest absolute Gasteiger partial charge is 0.0789 e. The largest absolute Gasteiger partial charge is 0.366 e. The number of likely N-dealkylation sites (N-methyl/N-ethyl adjacent to an activating group) is 1.